The third kappa shape index (κ3) is 2.95. The summed E-state index contributed by atoms with van der Waals surface area (Å²) in [5.74, 6) is 0.0140. The molecule has 0 fully saturated rings. The molecule has 3 rings (SSSR count). The molecule has 3 aromatic rings. The first-order chi connectivity index (χ1) is 12.5. The number of nitrogens with zero attached hydrogens (tertiary/aromatic N) is 1. The fraction of sp³-hybridized carbons (Fsp3) is 0.211. The molecular formula is C19H17N3O3S. The van der Waals surface area contributed by atoms with E-state index >= 15 is 0 Å². The van der Waals surface area contributed by atoms with E-state index in [0.29, 0.717) is 27.3 Å². The summed E-state index contributed by atoms with van der Waals surface area (Å²) in [4.78, 5) is 13.7. The highest BCUT2D eigenvalue weighted by molar-refractivity contribution is 7.16. The molecule has 2 N–H and O–H groups in total. The number of nitriles is 1. The minimum absolute atomic E-state index is 0.0961. The van der Waals surface area contributed by atoms with Gasteiger partial charge in [0.2, 0.25) is 5.55 Å². The van der Waals surface area contributed by atoms with Gasteiger partial charge in [-0.05, 0) is 31.0 Å². The van der Waals surface area contributed by atoms with Gasteiger partial charge in [0, 0.05) is 10.3 Å². The van der Waals surface area contributed by atoms with Gasteiger partial charge < -0.3 is 14.5 Å². The van der Waals surface area contributed by atoms with Crippen molar-refractivity contribution in [2.45, 2.75) is 20.3 Å². The van der Waals surface area contributed by atoms with Gasteiger partial charge in [0.1, 0.15) is 16.6 Å². The standard InChI is InChI=1S/C19H17N3O3S/c1-4-12-10(2)26-19(14(12)9-20)22-18(23)13-8-11-6-5-7-15(24-3)16(11)25-17(13)21/h5-8,21H,4H2,1-3H3,(H,22,23). The first-order valence-corrected chi connectivity index (χ1v) is 8.81. The molecule has 1 amide bonds. The van der Waals surface area contributed by atoms with E-state index < -0.39 is 5.91 Å². The van der Waals surface area contributed by atoms with Crippen LogP contribution in [0.5, 0.6) is 5.75 Å². The largest absolute Gasteiger partial charge is 0.493 e. The maximum absolute atomic E-state index is 12.7. The van der Waals surface area contributed by atoms with Crippen LogP contribution >= 0.6 is 11.3 Å². The number of fused-ring (bicyclic) bond motifs is 1. The van der Waals surface area contributed by atoms with Gasteiger partial charge in [-0.2, -0.15) is 5.26 Å². The van der Waals surface area contributed by atoms with Crippen LogP contribution in [0.25, 0.3) is 11.0 Å². The number of thiophene rings is 1. The van der Waals surface area contributed by atoms with Crippen molar-refractivity contribution in [3.8, 4) is 11.8 Å². The SMILES string of the molecule is CCc1c(C)sc(NC(=O)c2cc3cccc(OC)c3oc2=N)c1C#N. The second-order valence-electron chi connectivity index (χ2n) is 5.63. The second kappa shape index (κ2) is 7.02. The average Bonchev–Trinajstić information content (AvgIpc) is 2.94. The summed E-state index contributed by atoms with van der Waals surface area (Å²) in [7, 11) is 1.52. The molecule has 26 heavy (non-hydrogen) atoms. The number of nitrogens with one attached hydrogen (secondary N) is 2. The molecule has 0 bridgehead atoms. The lowest BCUT2D eigenvalue weighted by molar-refractivity contribution is 0.102. The minimum Gasteiger partial charge on any atom is -0.493 e. The van der Waals surface area contributed by atoms with Crippen LogP contribution in [0.4, 0.5) is 5.00 Å². The number of carbonyl (C=O) groups is 1. The van der Waals surface area contributed by atoms with Gasteiger partial charge in [-0.15, -0.1) is 11.3 Å². The Labute approximate surface area is 154 Å². The van der Waals surface area contributed by atoms with Crippen LogP contribution in [0.1, 0.15) is 33.3 Å². The van der Waals surface area contributed by atoms with Gasteiger partial charge in [0.25, 0.3) is 5.91 Å². The Morgan fingerprint density at radius 2 is 2.23 bits per heavy atom. The zero-order valence-electron chi connectivity index (χ0n) is 14.6. The summed E-state index contributed by atoms with van der Waals surface area (Å²) in [6.07, 6.45) is 0.718. The zero-order valence-corrected chi connectivity index (χ0v) is 15.4. The van der Waals surface area contributed by atoms with Gasteiger partial charge in [-0.3, -0.25) is 10.2 Å². The molecule has 1 aromatic carbocycles. The quantitative estimate of drug-likeness (QED) is 0.728. The van der Waals surface area contributed by atoms with E-state index in [1.807, 2.05) is 13.8 Å². The van der Waals surface area contributed by atoms with Crippen molar-refractivity contribution in [1.29, 1.82) is 10.7 Å². The van der Waals surface area contributed by atoms with Crippen molar-refractivity contribution in [3.05, 3.63) is 51.4 Å². The van der Waals surface area contributed by atoms with E-state index in [0.717, 1.165) is 16.9 Å². The maximum atomic E-state index is 12.7. The fourth-order valence-corrected chi connectivity index (χ4v) is 3.93. The molecular weight excluding hydrogens is 350 g/mol. The molecule has 0 radical (unpaired) electrons. The first-order valence-electron chi connectivity index (χ1n) is 7.99. The Kier molecular flexibility index (Phi) is 4.78. The van der Waals surface area contributed by atoms with Crippen LogP contribution in [-0.2, 0) is 6.42 Å². The number of para-hydroxylation sites is 1. The number of anilines is 1. The number of amides is 1. The molecule has 0 atom stereocenters. The highest BCUT2D eigenvalue weighted by atomic mass is 32.1. The Morgan fingerprint density at radius 1 is 1.46 bits per heavy atom. The summed E-state index contributed by atoms with van der Waals surface area (Å²) < 4.78 is 10.7. The van der Waals surface area contributed by atoms with E-state index in [4.69, 9.17) is 14.6 Å². The summed E-state index contributed by atoms with van der Waals surface area (Å²) >= 11 is 1.36. The highest BCUT2D eigenvalue weighted by Gasteiger charge is 2.19. The third-order valence-electron chi connectivity index (χ3n) is 4.12. The molecule has 2 aromatic heterocycles. The predicted octanol–water partition coefficient (Wildman–Crippen LogP) is 3.98. The minimum atomic E-state index is -0.483. The molecule has 0 unspecified atom stereocenters. The van der Waals surface area contributed by atoms with Crippen molar-refractivity contribution in [3.63, 3.8) is 0 Å². The number of carbonyl (C=O) groups excluding carboxylic acids is 1. The Hall–Kier alpha value is -3.11. The van der Waals surface area contributed by atoms with Crippen LogP contribution in [0, 0.1) is 23.7 Å². The van der Waals surface area contributed by atoms with E-state index in [2.05, 4.69) is 11.4 Å². The van der Waals surface area contributed by atoms with Crippen molar-refractivity contribution < 1.29 is 13.9 Å². The Balaban J connectivity index is 2.03. The van der Waals surface area contributed by atoms with Gasteiger partial charge >= 0.3 is 0 Å². The monoisotopic (exact) mass is 367 g/mol. The smallest absolute Gasteiger partial charge is 0.261 e. The van der Waals surface area contributed by atoms with Crippen molar-refractivity contribution in [1.82, 2.24) is 0 Å². The first kappa shape index (κ1) is 17.7. The highest BCUT2D eigenvalue weighted by Crippen LogP contribution is 2.33. The molecule has 6 nitrogen and oxygen atoms in total. The summed E-state index contributed by atoms with van der Waals surface area (Å²) in [6.45, 7) is 3.90. The number of hydrogen-bond acceptors (Lipinski definition) is 6. The molecule has 0 saturated carbocycles. The predicted molar refractivity (Wildman–Crippen MR) is 99.7 cm³/mol. The normalized spacial score (nSPS) is 10.5. The van der Waals surface area contributed by atoms with Crippen LogP contribution in [0.2, 0.25) is 0 Å². The van der Waals surface area contributed by atoms with Gasteiger partial charge in [-0.25, -0.2) is 0 Å². The Morgan fingerprint density at radius 3 is 2.88 bits per heavy atom. The van der Waals surface area contributed by atoms with Gasteiger partial charge in [-0.1, -0.05) is 19.1 Å². The zero-order chi connectivity index (χ0) is 18.8. The average molecular weight is 367 g/mol. The Bertz CT molecular complexity index is 1110. The summed E-state index contributed by atoms with van der Waals surface area (Å²) in [5, 5.41) is 21.4. The van der Waals surface area contributed by atoms with Crippen molar-refractivity contribution in [2.24, 2.45) is 0 Å². The van der Waals surface area contributed by atoms with Crippen LogP contribution < -0.4 is 15.6 Å². The van der Waals surface area contributed by atoms with Gasteiger partial charge in [0.05, 0.1) is 12.7 Å². The number of rotatable bonds is 4. The number of ether oxygens (including phenoxy) is 1. The van der Waals surface area contributed by atoms with Crippen LogP contribution in [0.3, 0.4) is 0 Å². The molecule has 7 heteroatoms. The number of aryl methyl sites for hydroxylation is 1. The third-order valence-corrected chi connectivity index (χ3v) is 5.19. The van der Waals surface area contributed by atoms with Crippen molar-refractivity contribution in [2.75, 3.05) is 12.4 Å². The molecule has 0 aliphatic carbocycles. The molecule has 0 saturated heterocycles. The molecule has 2 heterocycles. The fourth-order valence-electron chi connectivity index (χ4n) is 2.84. The van der Waals surface area contributed by atoms with E-state index in [1.54, 1.807) is 24.3 Å². The maximum Gasteiger partial charge on any atom is 0.261 e. The lowest BCUT2D eigenvalue weighted by atomic mass is 10.1. The van der Waals surface area contributed by atoms with E-state index in [1.165, 1.54) is 18.4 Å². The lowest BCUT2D eigenvalue weighted by Crippen LogP contribution is -2.20. The molecule has 0 spiro atoms. The van der Waals surface area contributed by atoms with Crippen molar-refractivity contribution >= 4 is 33.2 Å². The molecule has 0 aliphatic rings. The summed E-state index contributed by atoms with van der Waals surface area (Å²) in [6, 6.07) is 9.04. The number of methoxy groups -OCH3 is 1. The second-order valence-corrected chi connectivity index (χ2v) is 6.85. The number of benzene rings is 1. The topological polar surface area (TPSA) is 99.1 Å². The molecule has 0 aliphatic heterocycles. The van der Waals surface area contributed by atoms with Gasteiger partial charge in [0.15, 0.2) is 11.3 Å². The number of hydrogen-bond donors (Lipinski definition) is 2. The van der Waals surface area contributed by atoms with Crippen LogP contribution in [0.15, 0.2) is 28.7 Å². The molecule has 132 valence electrons. The summed E-state index contributed by atoms with van der Waals surface area (Å²) in [5.41, 5.74) is 1.66. The van der Waals surface area contributed by atoms with E-state index in [-0.39, 0.29) is 11.1 Å². The van der Waals surface area contributed by atoms with Crippen LogP contribution in [-0.4, -0.2) is 13.0 Å². The van der Waals surface area contributed by atoms with E-state index in [9.17, 15) is 10.1 Å². The lowest BCUT2D eigenvalue weighted by Gasteiger charge is -2.07.